The van der Waals surface area contributed by atoms with Gasteiger partial charge in [-0.3, -0.25) is 67.9 Å². The standard InChI is InChI=1S/C77H109N13O27S4/c1-9-16-63(99)116-40-90(71(105)64(42(5)10-2)86-69(104)56-19-14-15-30-89(56)8)57(41(3)4)37-58(117-44(7)91)70-83-54(38-119-70)68(103)78-47(34-46-20-22-48(92)23-21-46)33-43(6)65(100)87-88-77(114)115-31-32-120-121-39-55(75(112)113)82-66(101)52(35-45-17-12-11-13-18-45)81-67(102)53(36-62(97)98)80-60(94)27-24-49(72(106)107)79-59(93)28-25-50(73(108)109)84-76(118)85-51(74(110)111)26-29-61(95)96/h11-13,17-18,20-23,38,41-43,47,49-53,55-58,64,92H,9-10,14-16,19,24-37,39-40H2,1-8H3,(H,78,103)(H,79,93)(H,80,94)(H,81,102)(H,82,101)(H,86,104)(H,87,100)(H,88,114)(H,95,96)(H,97,98)(H,106,107)(H,108,109)(H,110,111)(H,112,113)(H2,84,85,118). The van der Waals surface area contributed by atoms with Crippen LogP contribution in [0.2, 0.25) is 0 Å². The minimum Gasteiger partial charge on any atom is -0.508 e. The number of carboxylic acids is 6. The molecule has 668 valence electrons. The fourth-order valence-electron chi connectivity index (χ4n) is 12.3. The van der Waals surface area contributed by atoms with E-state index in [0.717, 1.165) is 45.8 Å². The fraction of sp³-hybridized carbons (Fsp3) is 0.571. The van der Waals surface area contributed by atoms with Gasteiger partial charge in [-0.25, -0.2) is 34.4 Å². The summed E-state index contributed by atoms with van der Waals surface area (Å²) in [7, 11) is 3.80. The van der Waals surface area contributed by atoms with Crippen LogP contribution >= 0.6 is 45.1 Å². The van der Waals surface area contributed by atoms with Crippen LogP contribution < -0.4 is 53.4 Å². The molecule has 9 amide bonds. The van der Waals surface area contributed by atoms with Crippen LogP contribution in [0.25, 0.3) is 0 Å². The first-order valence-electron chi connectivity index (χ1n) is 39.0. The van der Waals surface area contributed by atoms with Crippen LogP contribution in [-0.2, 0) is 99.0 Å². The second-order valence-corrected chi connectivity index (χ2v) is 33.0. The van der Waals surface area contributed by atoms with E-state index in [1.165, 1.54) is 36.3 Å². The largest absolute Gasteiger partial charge is 0.508 e. The van der Waals surface area contributed by atoms with Gasteiger partial charge in [0.2, 0.25) is 41.4 Å². The van der Waals surface area contributed by atoms with Gasteiger partial charge in [0.1, 0.15) is 65.4 Å². The van der Waals surface area contributed by atoms with Gasteiger partial charge in [-0.05, 0) is 112 Å². The molecule has 1 aromatic heterocycles. The van der Waals surface area contributed by atoms with Crippen LogP contribution in [-0.4, -0.2) is 256 Å². The maximum Gasteiger partial charge on any atom is 0.426 e. The summed E-state index contributed by atoms with van der Waals surface area (Å²) in [5, 5.41) is 88.4. The Morgan fingerprint density at radius 2 is 1.21 bits per heavy atom. The molecular weight excluding hydrogens is 1670 g/mol. The minimum absolute atomic E-state index is 0.0275. The Hall–Kier alpha value is -11.0. The number of nitrogens with zero attached hydrogens (tertiary/aromatic N) is 3. The first-order chi connectivity index (χ1) is 57.2. The lowest BCUT2D eigenvalue weighted by Crippen LogP contribution is -2.59. The Morgan fingerprint density at radius 1 is 0.628 bits per heavy atom. The number of thiocarbonyl (C=S) groups is 1. The number of esters is 2. The molecule has 0 bridgehead atoms. The number of phenols is 1. The number of hydrogen-bond donors (Lipinski definition) is 17. The van der Waals surface area contributed by atoms with Crippen LogP contribution in [0.4, 0.5) is 4.79 Å². The number of likely N-dealkylation sites (tertiary alicyclic amines) is 1. The van der Waals surface area contributed by atoms with Gasteiger partial charge in [0.25, 0.3) is 5.91 Å². The number of benzene rings is 2. The number of amides is 9. The van der Waals surface area contributed by atoms with Crippen molar-refractivity contribution in [2.45, 2.75) is 224 Å². The number of hydrazine groups is 1. The lowest BCUT2D eigenvalue weighted by atomic mass is 9.92. The quantitative estimate of drug-likeness (QED) is 0.00734. The summed E-state index contributed by atoms with van der Waals surface area (Å²) in [4.78, 5) is 229. The van der Waals surface area contributed by atoms with Gasteiger partial charge in [-0.1, -0.05) is 118 Å². The van der Waals surface area contributed by atoms with Gasteiger partial charge < -0.3 is 97.4 Å². The van der Waals surface area contributed by atoms with E-state index in [0.29, 0.717) is 36.9 Å². The number of rotatable bonds is 53. The Morgan fingerprint density at radius 3 is 1.77 bits per heavy atom. The van der Waals surface area contributed by atoms with E-state index in [2.05, 4.69) is 58.4 Å². The van der Waals surface area contributed by atoms with Crippen LogP contribution in [0.1, 0.15) is 178 Å². The SMILES string of the molecule is CCCC(=O)OCN(C(=O)C(NC(=O)C1CCCCN1C)C(C)CC)C(CC(OC(C)=O)c1nc(C(=O)NC(Cc2ccc(O)cc2)CC(C)C(=O)NNC(=O)OCCSSCC(NC(=O)C(Cc2ccccc2)NC(=O)C(CC(=O)O)NC(=O)CCC(NC(=O)CCC(NC(=S)NC(CCC(=O)O)C(=O)O)C(=O)O)C(=O)O)C(=O)O)cs1)C(C)C. The van der Waals surface area contributed by atoms with Crippen molar-refractivity contribution in [2.75, 3.05) is 38.4 Å². The number of likely N-dealkylation sites (N-methyl/N-ethyl adjacent to an activating group) is 1. The number of aromatic nitrogens is 1. The summed E-state index contributed by atoms with van der Waals surface area (Å²) < 4.78 is 16.8. The summed E-state index contributed by atoms with van der Waals surface area (Å²) >= 11 is 5.97. The smallest absolute Gasteiger partial charge is 0.426 e. The van der Waals surface area contributed by atoms with Crippen molar-refractivity contribution in [3.05, 3.63) is 81.8 Å². The molecule has 121 heavy (non-hydrogen) atoms. The number of phenolic OH excluding ortho intramolecular Hbond substituents is 1. The molecule has 0 saturated carbocycles. The zero-order valence-corrected chi connectivity index (χ0v) is 71.4. The third-order valence-corrected chi connectivity index (χ3v) is 22.7. The predicted molar refractivity (Wildman–Crippen MR) is 441 cm³/mol. The molecule has 0 aliphatic carbocycles. The van der Waals surface area contributed by atoms with Gasteiger partial charge in [0.15, 0.2) is 17.9 Å². The highest BCUT2D eigenvalue weighted by Gasteiger charge is 2.41. The molecule has 3 aromatic rings. The normalized spacial score (nSPS) is 15.5. The molecule has 0 spiro atoms. The van der Waals surface area contributed by atoms with Crippen molar-refractivity contribution in [2.24, 2.45) is 17.8 Å². The number of piperidine rings is 1. The molecule has 0 radical (unpaired) electrons. The summed E-state index contributed by atoms with van der Waals surface area (Å²) in [6.07, 6.45) is -3.86. The van der Waals surface area contributed by atoms with Crippen molar-refractivity contribution in [3.8, 4) is 5.75 Å². The zero-order chi connectivity index (χ0) is 90.2. The maximum absolute atomic E-state index is 15.0. The van der Waals surface area contributed by atoms with E-state index >= 15 is 4.79 Å². The predicted octanol–water partition coefficient (Wildman–Crippen LogP) is 3.14. The third-order valence-electron chi connectivity index (χ3n) is 19.1. The number of ether oxygens (including phenoxy) is 3. The van der Waals surface area contributed by atoms with Gasteiger partial charge in [0.05, 0.1) is 12.5 Å². The Kier molecular flexibility index (Phi) is 44.8. The van der Waals surface area contributed by atoms with Gasteiger partial charge >= 0.3 is 53.8 Å². The molecule has 13 unspecified atom stereocenters. The number of carbonyl (C=O) groups is 17. The molecule has 40 nitrogen and oxygen atoms in total. The van der Waals surface area contributed by atoms with E-state index < -0.39 is 224 Å². The topological polar surface area (TPSA) is 599 Å². The highest BCUT2D eigenvalue weighted by Crippen LogP contribution is 2.33. The van der Waals surface area contributed by atoms with E-state index in [9.17, 15) is 107 Å². The van der Waals surface area contributed by atoms with Crippen LogP contribution in [0.15, 0.2) is 60.0 Å². The average Bonchev–Trinajstić information content (AvgIpc) is 1.78. The number of hydrogen-bond acceptors (Lipinski definition) is 27. The number of thiazole rings is 1. The van der Waals surface area contributed by atoms with E-state index in [4.69, 9.17) is 31.5 Å². The molecule has 1 aliphatic rings. The van der Waals surface area contributed by atoms with E-state index in [1.54, 1.807) is 49.4 Å². The highest BCUT2D eigenvalue weighted by molar-refractivity contribution is 8.76. The second-order valence-electron chi connectivity index (χ2n) is 29.1. The van der Waals surface area contributed by atoms with Gasteiger partial charge in [-0.15, -0.1) is 11.3 Å². The highest BCUT2D eigenvalue weighted by atomic mass is 33.1. The Bertz CT molecular complexity index is 4050. The monoisotopic (exact) mass is 1780 g/mol. The number of nitrogens with one attached hydrogen (secondary N) is 10. The summed E-state index contributed by atoms with van der Waals surface area (Å²) in [6, 6.07) is 0.784. The molecule has 1 saturated heterocycles. The fourth-order valence-corrected chi connectivity index (χ4v) is 15.4. The molecule has 1 aliphatic heterocycles. The number of carboxylic acid groups (broad SMARTS) is 6. The molecule has 4 rings (SSSR count). The molecule has 17 N–H and O–H groups in total. The zero-order valence-electron chi connectivity index (χ0n) is 68.2. The van der Waals surface area contributed by atoms with Crippen LogP contribution in [0.3, 0.4) is 0 Å². The molecule has 2 heterocycles. The molecule has 13 atom stereocenters. The van der Waals surface area contributed by atoms with Crippen molar-refractivity contribution in [1.82, 2.24) is 68.2 Å². The summed E-state index contributed by atoms with van der Waals surface area (Å²) in [6.45, 7) is 11.9. The Labute approximate surface area is 715 Å². The van der Waals surface area contributed by atoms with Gasteiger partial charge in [-0.2, -0.15) is 0 Å². The molecule has 2 aromatic carbocycles. The Balaban J connectivity index is 1.36. The van der Waals surface area contributed by atoms with Gasteiger partial charge in [0, 0.05) is 80.3 Å². The molecule has 44 heteroatoms. The van der Waals surface area contributed by atoms with Crippen molar-refractivity contribution in [1.29, 1.82) is 0 Å². The lowest BCUT2D eigenvalue weighted by Gasteiger charge is -2.39. The second kappa shape index (κ2) is 52.9. The van der Waals surface area contributed by atoms with Crippen molar-refractivity contribution >= 4 is 151 Å². The molecule has 1 fully saturated rings. The first kappa shape index (κ1) is 102. The van der Waals surface area contributed by atoms with Crippen LogP contribution in [0, 0.1) is 17.8 Å². The number of carbonyl (C=O) groups excluding carboxylic acids is 11. The van der Waals surface area contributed by atoms with Crippen LogP contribution in [0.5, 0.6) is 5.75 Å². The summed E-state index contributed by atoms with van der Waals surface area (Å²) in [5.41, 5.74) is 5.41. The average molecular weight is 1780 g/mol. The summed E-state index contributed by atoms with van der Waals surface area (Å²) in [5.74, 6) is -19.1. The van der Waals surface area contributed by atoms with Crippen molar-refractivity contribution in [3.63, 3.8) is 0 Å². The maximum atomic E-state index is 15.0. The number of aliphatic carboxylic acids is 6. The van der Waals surface area contributed by atoms with E-state index in [-0.39, 0.29) is 84.4 Å². The van der Waals surface area contributed by atoms with Crippen molar-refractivity contribution < 1.29 is 131 Å². The number of aromatic hydroxyl groups is 1. The molecular formula is C77H109N13O27S4. The lowest BCUT2D eigenvalue weighted by molar-refractivity contribution is -0.161. The third kappa shape index (κ3) is 37.7. The minimum atomic E-state index is -1.93. The first-order valence-corrected chi connectivity index (χ1v) is 42.8. The van der Waals surface area contributed by atoms with E-state index in [1.807, 2.05) is 39.6 Å².